The van der Waals surface area contributed by atoms with Crippen molar-refractivity contribution >= 4 is 44.2 Å². The molecule has 0 amide bonds. The van der Waals surface area contributed by atoms with Crippen molar-refractivity contribution in [2.75, 3.05) is 13.7 Å². The summed E-state index contributed by atoms with van der Waals surface area (Å²) >= 11 is 5.06. The van der Waals surface area contributed by atoms with Crippen molar-refractivity contribution < 1.29 is 14.1 Å². The fraction of sp³-hybridized carbons (Fsp3) is 0.400. The normalized spacial score (nSPS) is 12.5. The highest BCUT2D eigenvalue weighted by molar-refractivity contribution is 14.1. The first-order chi connectivity index (χ1) is 7.95. The zero-order valence-corrected chi connectivity index (χ0v) is 12.7. The molecule has 1 atom stereocenters. The summed E-state index contributed by atoms with van der Waals surface area (Å²) < 4.78 is 18.5. The monoisotopic (exact) mass is 417 g/mol. The number of nitrogens with zero attached hydrogens (tertiary/aromatic N) is 1. The van der Waals surface area contributed by atoms with Gasteiger partial charge < -0.3 is 4.74 Å². The Bertz CT molecular complexity index is 430. The van der Waals surface area contributed by atoms with E-state index in [1.807, 2.05) is 0 Å². The van der Waals surface area contributed by atoms with Crippen molar-refractivity contribution in [2.24, 2.45) is 0 Å². The third-order valence-corrected chi connectivity index (χ3v) is 3.52. The number of nitro groups is 1. The van der Waals surface area contributed by atoms with Gasteiger partial charge in [-0.25, -0.2) is 4.39 Å². The number of benzene rings is 1. The van der Waals surface area contributed by atoms with Crippen molar-refractivity contribution in [1.82, 2.24) is 0 Å². The average molecular weight is 418 g/mol. The highest BCUT2D eigenvalue weighted by atomic mass is 127. The summed E-state index contributed by atoms with van der Waals surface area (Å²) in [4.78, 5) is 10.3. The standard InChI is InChI=1S/C10H10BrFINO3/c1-17-5-7(11)2-6-3-8(12)9(13)4-10(6)14(15)16/h3-4,7H,2,5H2,1H3. The number of ether oxygens (including phenoxy) is 1. The first-order valence-corrected chi connectivity index (χ1v) is 6.70. The molecule has 1 aromatic carbocycles. The smallest absolute Gasteiger partial charge is 0.273 e. The van der Waals surface area contributed by atoms with E-state index in [2.05, 4.69) is 15.9 Å². The van der Waals surface area contributed by atoms with E-state index in [1.165, 1.54) is 19.2 Å². The highest BCUT2D eigenvalue weighted by Gasteiger charge is 2.19. The predicted molar refractivity (Wildman–Crippen MR) is 74.1 cm³/mol. The topological polar surface area (TPSA) is 52.4 Å². The molecule has 7 heteroatoms. The molecule has 0 aromatic heterocycles. The molecule has 0 aliphatic heterocycles. The van der Waals surface area contributed by atoms with Crippen LogP contribution in [0.15, 0.2) is 12.1 Å². The second-order valence-electron chi connectivity index (χ2n) is 3.41. The van der Waals surface area contributed by atoms with Gasteiger partial charge in [-0.1, -0.05) is 15.9 Å². The second-order valence-corrected chi connectivity index (χ2v) is 5.87. The SMILES string of the molecule is COCC(Br)Cc1cc(F)c(I)cc1[N+](=O)[O-]. The van der Waals surface area contributed by atoms with E-state index in [0.717, 1.165) is 0 Å². The first-order valence-electron chi connectivity index (χ1n) is 4.71. The largest absolute Gasteiger partial charge is 0.384 e. The number of methoxy groups -OCH3 is 1. The highest BCUT2D eigenvalue weighted by Crippen LogP contribution is 2.26. The van der Waals surface area contributed by atoms with Crippen LogP contribution in [0.2, 0.25) is 0 Å². The van der Waals surface area contributed by atoms with Gasteiger partial charge in [0, 0.05) is 23.6 Å². The van der Waals surface area contributed by atoms with Crippen molar-refractivity contribution in [1.29, 1.82) is 0 Å². The molecule has 0 N–H and O–H groups in total. The third-order valence-electron chi connectivity index (χ3n) is 2.11. The van der Waals surface area contributed by atoms with Gasteiger partial charge in [0.15, 0.2) is 0 Å². The Morgan fingerprint density at radius 1 is 1.65 bits per heavy atom. The summed E-state index contributed by atoms with van der Waals surface area (Å²) in [5.41, 5.74) is 0.309. The van der Waals surface area contributed by atoms with Crippen molar-refractivity contribution in [3.8, 4) is 0 Å². The van der Waals surface area contributed by atoms with Crippen LogP contribution in [-0.4, -0.2) is 23.5 Å². The van der Waals surface area contributed by atoms with Crippen LogP contribution in [0.25, 0.3) is 0 Å². The third kappa shape index (κ3) is 4.14. The maximum absolute atomic E-state index is 13.4. The van der Waals surface area contributed by atoms with Gasteiger partial charge in [0.05, 0.1) is 15.1 Å². The van der Waals surface area contributed by atoms with E-state index in [0.29, 0.717) is 18.6 Å². The van der Waals surface area contributed by atoms with E-state index in [9.17, 15) is 14.5 Å². The molecule has 0 aliphatic rings. The van der Waals surface area contributed by atoms with Crippen LogP contribution in [0, 0.1) is 19.5 Å². The molecule has 0 radical (unpaired) electrons. The maximum Gasteiger partial charge on any atom is 0.273 e. The Morgan fingerprint density at radius 3 is 2.82 bits per heavy atom. The zero-order chi connectivity index (χ0) is 13.0. The molecule has 0 heterocycles. The minimum absolute atomic E-state index is 0.0589. The molecular weight excluding hydrogens is 408 g/mol. The van der Waals surface area contributed by atoms with Crippen LogP contribution >= 0.6 is 38.5 Å². The Labute approximate surface area is 120 Å². The van der Waals surface area contributed by atoms with Crippen LogP contribution < -0.4 is 0 Å². The Balaban J connectivity index is 3.04. The van der Waals surface area contributed by atoms with Crippen LogP contribution in [0.4, 0.5) is 10.1 Å². The summed E-state index contributed by atoms with van der Waals surface area (Å²) in [6, 6.07) is 2.46. The van der Waals surface area contributed by atoms with Gasteiger partial charge in [0.25, 0.3) is 5.69 Å². The summed E-state index contributed by atoms with van der Waals surface area (Å²) in [6.07, 6.45) is 0.345. The number of rotatable bonds is 5. The van der Waals surface area contributed by atoms with Crippen molar-refractivity contribution in [3.05, 3.63) is 37.2 Å². The van der Waals surface area contributed by atoms with E-state index in [4.69, 9.17) is 4.74 Å². The summed E-state index contributed by atoms with van der Waals surface area (Å²) in [5, 5.41) is 10.9. The number of nitro benzene ring substituents is 1. The van der Waals surface area contributed by atoms with Gasteiger partial charge in [0.1, 0.15) is 5.82 Å². The number of hydrogen-bond donors (Lipinski definition) is 0. The first kappa shape index (κ1) is 14.8. The fourth-order valence-electron chi connectivity index (χ4n) is 1.39. The van der Waals surface area contributed by atoms with Crippen LogP contribution in [-0.2, 0) is 11.2 Å². The molecule has 0 saturated carbocycles. The summed E-state index contributed by atoms with van der Waals surface area (Å²) in [7, 11) is 1.54. The van der Waals surface area contributed by atoms with E-state index >= 15 is 0 Å². The van der Waals surface area contributed by atoms with Gasteiger partial charge in [-0.3, -0.25) is 10.1 Å². The van der Waals surface area contributed by atoms with Gasteiger partial charge in [-0.15, -0.1) is 0 Å². The molecule has 1 unspecified atom stereocenters. The molecule has 0 aliphatic carbocycles. The van der Waals surface area contributed by atoms with Gasteiger partial charge in [-0.05, 0) is 35.1 Å². The molecule has 0 saturated heterocycles. The zero-order valence-electron chi connectivity index (χ0n) is 8.95. The van der Waals surface area contributed by atoms with Crippen molar-refractivity contribution in [3.63, 3.8) is 0 Å². The molecule has 0 spiro atoms. The molecule has 1 rings (SSSR count). The molecule has 0 fully saturated rings. The molecule has 0 bridgehead atoms. The van der Waals surface area contributed by atoms with Gasteiger partial charge in [0.2, 0.25) is 0 Å². The lowest BCUT2D eigenvalue weighted by Gasteiger charge is -2.09. The molecule has 4 nitrogen and oxygen atoms in total. The van der Waals surface area contributed by atoms with Crippen molar-refractivity contribution in [2.45, 2.75) is 11.2 Å². The minimum Gasteiger partial charge on any atom is -0.384 e. The minimum atomic E-state index is -0.497. The lowest BCUT2D eigenvalue weighted by molar-refractivity contribution is -0.385. The lowest BCUT2D eigenvalue weighted by atomic mass is 10.1. The Hall–Kier alpha value is -0.280. The predicted octanol–water partition coefficient (Wildman–Crippen LogP) is 3.29. The maximum atomic E-state index is 13.4. The molecular formula is C10H10BrFINO3. The summed E-state index contributed by atoms with van der Waals surface area (Å²) in [5.74, 6) is -0.441. The number of hydrogen-bond acceptors (Lipinski definition) is 3. The van der Waals surface area contributed by atoms with Gasteiger partial charge >= 0.3 is 0 Å². The number of halogens is 3. The van der Waals surface area contributed by atoms with Crippen LogP contribution in [0.3, 0.4) is 0 Å². The summed E-state index contributed by atoms with van der Waals surface area (Å²) in [6.45, 7) is 0.407. The molecule has 17 heavy (non-hydrogen) atoms. The lowest BCUT2D eigenvalue weighted by Crippen LogP contribution is -2.11. The quantitative estimate of drug-likeness (QED) is 0.319. The van der Waals surface area contributed by atoms with E-state index in [1.54, 1.807) is 22.6 Å². The van der Waals surface area contributed by atoms with Gasteiger partial charge in [-0.2, -0.15) is 0 Å². The fourth-order valence-corrected chi connectivity index (χ4v) is 2.45. The van der Waals surface area contributed by atoms with E-state index in [-0.39, 0.29) is 14.1 Å². The number of alkyl halides is 1. The van der Waals surface area contributed by atoms with Crippen LogP contribution in [0.5, 0.6) is 0 Å². The second kappa shape index (κ2) is 6.60. The Kier molecular flexibility index (Phi) is 5.74. The average Bonchev–Trinajstić information content (AvgIpc) is 2.23. The Morgan fingerprint density at radius 2 is 2.29 bits per heavy atom. The van der Waals surface area contributed by atoms with Crippen LogP contribution in [0.1, 0.15) is 5.56 Å². The molecule has 1 aromatic rings. The molecule has 94 valence electrons. The van der Waals surface area contributed by atoms with E-state index < -0.39 is 10.7 Å².